The van der Waals surface area contributed by atoms with Crippen LogP contribution in [0.1, 0.15) is 10.5 Å². The number of carboxylic acid groups (broad SMARTS) is 1. The summed E-state index contributed by atoms with van der Waals surface area (Å²) < 4.78 is 5.04. The quantitative estimate of drug-likeness (QED) is 0.575. The zero-order chi connectivity index (χ0) is 11.8. The van der Waals surface area contributed by atoms with Crippen molar-refractivity contribution in [3.63, 3.8) is 0 Å². The Morgan fingerprint density at radius 3 is 3.00 bits per heavy atom. The third-order valence-corrected chi connectivity index (χ3v) is 1.79. The van der Waals surface area contributed by atoms with E-state index in [0.29, 0.717) is 25.4 Å². The maximum atomic E-state index is 10.6. The number of pyridine rings is 1. The minimum absolute atomic E-state index is 0.00118. The van der Waals surface area contributed by atoms with E-state index in [9.17, 15) is 4.79 Å². The molecule has 0 amide bonds. The van der Waals surface area contributed by atoms with Crippen molar-refractivity contribution in [3.8, 4) is 0 Å². The van der Waals surface area contributed by atoms with Gasteiger partial charge in [-0.15, -0.1) is 0 Å². The van der Waals surface area contributed by atoms with Gasteiger partial charge in [-0.05, 0) is 12.1 Å². The third-order valence-electron chi connectivity index (χ3n) is 1.79. The fourth-order valence-corrected chi connectivity index (χ4v) is 1.09. The second-order valence-corrected chi connectivity index (χ2v) is 3.00. The predicted molar refractivity (Wildman–Crippen MR) is 57.6 cm³/mol. The van der Waals surface area contributed by atoms with Crippen LogP contribution in [0, 0.1) is 0 Å². The van der Waals surface area contributed by atoms with E-state index in [4.69, 9.17) is 14.9 Å². The Morgan fingerprint density at radius 2 is 2.31 bits per heavy atom. The molecule has 0 saturated heterocycles. The zero-order valence-electron chi connectivity index (χ0n) is 8.72. The average Bonchev–Trinajstić information content (AvgIpc) is 2.29. The van der Waals surface area contributed by atoms with Gasteiger partial charge >= 0.3 is 5.97 Å². The van der Waals surface area contributed by atoms with Crippen LogP contribution in [0.25, 0.3) is 0 Å². The first-order valence-electron chi connectivity index (χ1n) is 4.86. The van der Waals surface area contributed by atoms with E-state index in [1.807, 2.05) is 0 Å². The highest BCUT2D eigenvalue weighted by Crippen LogP contribution is 2.07. The van der Waals surface area contributed by atoms with Gasteiger partial charge in [0, 0.05) is 18.4 Å². The molecule has 0 atom stereocenters. The van der Waals surface area contributed by atoms with Crippen LogP contribution >= 0.6 is 0 Å². The average molecular weight is 226 g/mol. The number of nitrogens with zero attached hydrogens (tertiary/aromatic N) is 1. The molecule has 1 heterocycles. The highest BCUT2D eigenvalue weighted by atomic mass is 16.5. The predicted octanol–water partition coefficient (Wildman–Crippen LogP) is 0.201. The molecular formula is C10H14N2O4. The van der Waals surface area contributed by atoms with Gasteiger partial charge in [-0.2, -0.15) is 0 Å². The van der Waals surface area contributed by atoms with E-state index in [-0.39, 0.29) is 12.3 Å². The Bertz CT molecular complexity index is 343. The maximum Gasteiger partial charge on any atom is 0.354 e. The number of hydrogen-bond donors (Lipinski definition) is 3. The summed E-state index contributed by atoms with van der Waals surface area (Å²) in [4.78, 5) is 14.3. The van der Waals surface area contributed by atoms with Crippen molar-refractivity contribution in [1.29, 1.82) is 0 Å². The highest BCUT2D eigenvalue weighted by molar-refractivity contribution is 5.86. The van der Waals surface area contributed by atoms with Crippen LogP contribution in [-0.2, 0) is 4.74 Å². The van der Waals surface area contributed by atoms with Crippen molar-refractivity contribution in [3.05, 3.63) is 24.0 Å². The summed E-state index contributed by atoms with van der Waals surface area (Å²) in [7, 11) is 0. The van der Waals surface area contributed by atoms with Crippen LogP contribution in [-0.4, -0.2) is 47.5 Å². The lowest BCUT2D eigenvalue weighted by Gasteiger charge is -2.06. The molecule has 0 saturated carbocycles. The smallest absolute Gasteiger partial charge is 0.354 e. The van der Waals surface area contributed by atoms with E-state index >= 15 is 0 Å². The summed E-state index contributed by atoms with van der Waals surface area (Å²) >= 11 is 0. The van der Waals surface area contributed by atoms with Gasteiger partial charge in [0.05, 0.1) is 19.8 Å². The maximum absolute atomic E-state index is 10.6. The monoisotopic (exact) mass is 226 g/mol. The molecular weight excluding hydrogens is 212 g/mol. The molecule has 1 aromatic rings. The molecule has 0 aliphatic rings. The molecule has 6 nitrogen and oxygen atoms in total. The van der Waals surface area contributed by atoms with Crippen LogP contribution < -0.4 is 5.32 Å². The third kappa shape index (κ3) is 4.24. The van der Waals surface area contributed by atoms with Gasteiger partial charge in [0.15, 0.2) is 0 Å². The number of aromatic nitrogens is 1. The van der Waals surface area contributed by atoms with Crippen molar-refractivity contribution in [1.82, 2.24) is 4.98 Å². The molecule has 88 valence electrons. The second kappa shape index (κ2) is 6.76. The van der Waals surface area contributed by atoms with Crippen molar-refractivity contribution >= 4 is 11.7 Å². The van der Waals surface area contributed by atoms with Gasteiger partial charge in [0.1, 0.15) is 5.69 Å². The van der Waals surface area contributed by atoms with E-state index in [1.54, 1.807) is 6.07 Å². The molecule has 0 aromatic carbocycles. The number of aliphatic hydroxyl groups is 1. The molecule has 0 aliphatic heterocycles. The number of nitrogens with one attached hydrogen (secondary N) is 1. The van der Waals surface area contributed by atoms with E-state index < -0.39 is 5.97 Å². The van der Waals surface area contributed by atoms with Gasteiger partial charge in [-0.1, -0.05) is 0 Å². The Hall–Kier alpha value is -1.66. The summed E-state index contributed by atoms with van der Waals surface area (Å²) in [5.41, 5.74) is 0.682. The molecule has 0 fully saturated rings. The first-order valence-corrected chi connectivity index (χ1v) is 4.86. The normalized spacial score (nSPS) is 10.1. The molecule has 0 aliphatic carbocycles. The molecule has 1 aromatic heterocycles. The van der Waals surface area contributed by atoms with Crippen LogP contribution in [0.3, 0.4) is 0 Å². The van der Waals surface area contributed by atoms with Gasteiger partial charge in [0.25, 0.3) is 0 Å². The number of aromatic carboxylic acids is 1. The number of hydrogen-bond acceptors (Lipinski definition) is 5. The first-order chi connectivity index (χ1) is 7.74. The molecule has 0 radical (unpaired) electrons. The van der Waals surface area contributed by atoms with Crippen molar-refractivity contribution in [2.45, 2.75) is 0 Å². The van der Waals surface area contributed by atoms with Gasteiger partial charge < -0.3 is 20.3 Å². The van der Waals surface area contributed by atoms with Gasteiger partial charge in [-0.3, -0.25) is 0 Å². The summed E-state index contributed by atoms with van der Waals surface area (Å²) in [6.45, 7) is 1.30. The van der Waals surface area contributed by atoms with Crippen molar-refractivity contribution < 1.29 is 19.7 Å². The topological polar surface area (TPSA) is 91.7 Å². The number of anilines is 1. The fourth-order valence-electron chi connectivity index (χ4n) is 1.09. The van der Waals surface area contributed by atoms with Gasteiger partial charge in [-0.25, -0.2) is 9.78 Å². The molecule has 1 rings (SSSR count). The highest BCUT2D eigenvalue weighted by Gasteiger charge is 2.04. The molecule has 3 N–H and O–H groups in total. The molecule has 6 heteroatoms. The standard InChI is InChI=1S/C10H14N2O4/c13-4-6-16-5-3-11-8-1-2-12-9(7-8)10(14)15/h1-2,7,13H,3-6H2,(H,11,12)(H,14,15). The summed E-state index contributed by atoms with van der Waals surface area (Å²) in [6, 6.07) is 3.13. The number of ether oxygens (including phenoxy) is 1. The van der Waals surface area contributed by atoms with Crippen LogP contribution in [0.5, 0.6) is 0 Å². The summed E-state index contributed by atoms with van der Waals surface area (Å²) in [5.74, 6) is -1.06. The Labute approximate surface area is 92.9 Å². The van der Waals surface area contributed by atoms with Crippen LogP contribution in [0.2, 0.25) is 0 Å². The second-order valence-electron chi connectivity index (χ2n) is 3.00. The van der Waals surface area contributed by atoms with Crippen molar-refractivity contribution in [2.75, 3.05) is 31.7 Å². The Morgan fingerprint density at radius 1 is 1.50 bits per heavy atom. The SMILES string of the molecule is O=C(O)c1cc(NCCOCCO)ccn1. The minimum atomic E-state index is -1.06. The molecule has 0 unspecified atom stereocenters. The molecule has 0 spiro atoms. The Balaban J connectivity index is 2.36. The van der Waals surface area contributed by atoms with E-state index in [0.717, 1.165) is 0 Å². The number of carbonyl (C=O) groups is 1. The lowest BCUT2D eigenvalue weighted by Crippen LogP contribution is -2.12. The number of carboxylic acids is 1. The molecule has 0 bridgehead atoms. The largest absolute Gasteiger partial charge is 0.477 e. The summed E-state index contributed by atoms with van der Waals surface area (Å²) in [5, 5.41) is 20.2. The molecule has 16 heavy (non-hydrogen) atoms. The van der Waals surface area contributed by atoms with E-state index in [1.165, 1.54) is 12.3 Å². The summed E-state index contributed by atoms with van der Waals surface area (Å²) in [6.07, 6.45) is 1.43. The number of aliphatic hydroxyl groups excluding tert-OH is 1. The van der Waals surface area contributed by atoms with E-state index in [2.05, 4.69) is 10.3 Å². The zero-order valence-corrected chi connectivity index (χ0v) is 8.72. The van der Waals surface area contributed by atoms with Crippen LogP contribution in [0.15, 0.2) is 18.3 Å². The van der Waals surface area contributed by atoms with Crippen molar-refractivity contribution in [2.24, 2.45) is 0 Å². The first kappa shape index (κ1) is 12.4. The lowest BCUT2D eigenvalue weighted by molar-refractivity contribution is 0.0690. The van der Waals surface area contributed by atoms with Gasteiger partial charge in [0.2, 0.25) is 0 Å². The minimum Gasteiger partial charge on any atom is -0.477 e. The lowest BCUT2D eigenvalue weighted by atomic mass is 10.3. The Kier molecular flexibility index (Phi) is 5.24. The van der Waals surface area contributed by atoms with Crippen LogP contribution in [0.4, 0.5) is 5.69 Å². The number of rotatable bonds is 7. The fraction of sp³-hybridized carbons (Fsp3) is 0.400.